The first-order valence-electron chi connectivity index (χ1n) is 8.13. The van der Waals surface area contributed by atoms with Crippen LogP contribution in [-0.4, -0.2) is 35.6 Å². The molecule has 1 amide bonds. The Bertz CT molecular complexity index is 767. The van der Waals surface area contributed by atoms with Gasteiger partial charge in [0.25, 0.3) is 0 Å². The molecule has 0 aliphatic carbocycles. The minimum Gasteiger partial charge on any atom is -0.490 e. The number of hydrogen-bond donors (Lipinski definition) is 0. The van der Waals surface area contributed by atoms with E-state index < -0.39 is 4.92 Å². The van der Waals surface area contributed by atoms with E-state index in [0.29, 0.717) is 11.5 Å². The van der Waals surface area contributed by atoms with Gasteiger partial charge in [0.05, 0.1) is 23.8 Å². The number of methoxy groups -OCH3 is 1. The van der Waals surface area contributed by atoms with Crippen molar-refractivity contribution in [1.82, 2.24) is 4.90 Å². The second-order valence-corrected chi connectivity index (χ2v) is 6.83. The monoisotopic (exact) mass is 374 g/mol. The fourth-order valence-corrected chi connectivity index (χ4v) is 3.39. The minimum absolute atomic E-state index is 0.00799. The predicted molar refractivity (Wildman–Crippen MR) is 103 cm³/mol. The second-order valence-electron chi connectivity index (χ2n) is 5.85. The van der Waals surface area contributed by atoms with Crippen molar-refractivity contribution in [1.29, 1.82) is 0 Å². The van der Waals surface area contributed by atoms with Gasteiger partial charge < -0.3 is 9.64 Å². The second kappa shape index (κ2) is 9.24. The average Bonchev–Trinajstić information content (AvgIpc) is 2.67. The van der Waals surface area contributed by atoms with Crippen LogP contribution in [0.4, 0.5) is 5.69 Å². The van der Waals surface area contributed by atoms with Gasteiger partial charge in [-0.15, -0.1) is 11.8 Å². The number of carbonyl (C=O) groups excluding carboxylic acids is 1. The first-order chi connectivity index (χ1) is 12.4. The van der Waals surface area contributed by atoms with Gasteiger partial charge in [-0.05, 0) is 24.1 Å². The maximum absolute atomic E-state index is 12.4. The lowest BCUT2D eigenvalue weighted by Crippen LogP contribution is -2.31. The third-order valence-corrected chi connectivity index (χ3v) is 5.18. The van der Waals surface area contributed by atoms with Crippen molar-refractivity contribution in [2.45, 2.75) is 18.7 Å². The number of rotatable bonds is 8. The number of nitro groups is 1. The Labute approximate surface area is 157 Å². The number of carbonyl (C=O) groups is 1. The first kappa shape index (κ1) is 19.8. The highest BCUT2D eigenvalue weighted by Crippen LogP contribution is 2.29. The van der Waals surface area contributed by atoms with Crippen molar-refractivity contribution < 1.29 is 14.5 Å². The molecule has 0 N–H and O–H groups in total. The molecule has 2 rings (SSSR count). The normalized spacial score (nSPS) is 11.7. The molecule has 1 atom stereocenters. The highest BCUT2D eigenvalue weighted by Gasteiger charge is 2.18. The fourth-order valence-electron chi connectivity index (χ4n) is 2.50. The molecular formula is C19H22N2O4S. The molecule has 0 aliphatic rings. The van der Waals surface area contributed by atoms with Crippen molar-refractivity contribution >= 4 is 23.4 Å². The molecular weight excluding hydrogens is 352 g/mol. The maximum atomic E-state index is 12.4. The Morgan fingerprint density at radius 3 is 2.58 bits per heavy atom. The quantitative estimate of drug-likeness (QED) is 0.515. The molecule has 0 saturated heterocycles. The molecule has 0 radical (unpaired) electrons. The molecule has 0 aromatic heterocycles. The summed E-state index contributed by atoms with van der Waals surface area (Å²) >= 11 is 1.43. The lowest BCUT2D eigenvalue weighted by atomic mass is 10.1. The summed E-state index contributed by atoms with van der Waals surface area (Å²) in [6, 6.07) is 14.7. The van der Waals surface area contributed by atoms with Crippen LogP contribution in [0.5, 0.6) is 5.75 Å². The van der Waals surface area contributed by atoms with Crippen LogP contribution in [-0.2, 0) is 10.5 Å². The Kier molecular flexibility index (Phi) is 7.03. The largest absolute Gasteiger partial charge is 0.490 e. The van der Waals surface area contributed by atoms with Crippen LogP contribution >= 0.6 is 11.8 Å². The van der Waals surface area contributed by atoms with Gasteiger partial charge >= 0.3 is 5.69 Å². The van der Waals surface area contributed by atoms with E-state index in [1.54, 1.807) is 24.1 Å². The van der Waals surface area contributed by atoms with Crippen LogP contribution in [0.2, 0.25) is 0 Å². The van der Waals surface area contributed by atoms with Gasteiger partial charge in [0.15, 0.2) is 5.75 Å². The number of thioether (sulfide) groups is 1. The summed E-state index contributed by atoms with van der Waals surface area (Å²) in [5, 5.41) is 11.1. The number of benzene rings is 2. The van der Waals surface area contributed by atoms with Crippen molar-refractivity contribution in [2.24, 2.45) is 0 Å². The SMILES string of the molecule is COc1ccc(CSCC(=O)N(C)[C@H](C)c2ccccc2)cc1[N+](=O)[O-]. The molecule has 0 fully saturated rings. The number of ether oxygens (including phenoxy) is 1. The lowest BCUT2D eigenvalue weighted by molar-refractivity contribution is -0.385. The zero-order valence-electron chi connectivity index (χ0n) is 15.0. The number of hydrogen-bond acceptors (Lipinski definition) is 5. The molecule has 0 aliphatic heterocycles. The number of nitro benzene ring substituents is 1. The Morgan fingerprint density at radius 1 is 1.27 bits per heavy atom. The third kappa shape index (κ3) is 4.98. The minimum atomic E-state index is -0.465. The van der Waals surface area contributed by atoms with Crippen molar-refractivity contribution in [3.05, 3.63) is 69.8 Å². The van der Waals surface area contributed by atoms with E-state index in [0.717, 1.165) is 11.1 Å². The highest BCUT2D eigenvalue weighted by atomic mass is 32.2. The third-order valence-electron chi connectivity index (χ3n) is 4.19. The van der Waals surface area contributed by atoms with Crippen LogP contribution in [0.3, 0.4) is 0 Å². The summed E-state index contributed by atoms with van der Waals surface area (Å²) in [6.45, 7) is 1.99. The Morgan fingerprint density at radius 2 is 1.96 bits per heavy atom. The standard InChI is InChI=1S/C19H22N2O4S/c1-14(16-7-5-4-6-8-16)20(2)19(22)13-26-12-15-9-10-18(25-3)17(11-15)21(23)24/h4-11,14H,12-13H2,1-3H3/t14-/m1/s1. The summed E-state index contributed by atoms with van der Waals surface area (Å²) in [5.41, 5.74) is 1.81. The van der Waals surface area contributed by atoms with Gasteiger partial charge in [-0.1, -0.05) is 36.4 Å². The molecule has 0 unspecified atom stereocenters. The van der Waals surface area contributed by atoms with Crippen LogP contribution in [0.25, 0.3) is 0 Å². The highest BCUT2D eigenvalue weighted by molar-refractivity contribution is 7.99. The van der Waals surface area contributed by atoms with Gasteiger partial charge in [0, 0.05) is 18.9 Å². The molecule has 0 heterocycles. The van der Waals surface area contributed by atoms with Crippen LogP contribution in [0.1, 0.15) is 24.1 Å². The van der Waals surface area contributed by atoms with E-state index in [1.165, 1.54) is 24.9 Å². The van der Waals surface area contributed by atoms with Crippen molar-refractivity contribution in [3.8, 4) is 5.75 Å². The summed E-state index contributed by atoms with van der Waals surface area (Å²) in [6.07, 6.45) is 0. The average molecular weight is 374 g/mol. The summed E-state index contributed by atoms with van der Waals surface area (Å²) in [5.74, 6) is 1.09. The fraction of sp³-hybridized carbons (Fsp3) is 0.316. The molecule has 26 heavy (non-hydrogen) atoms. The molecule has 0 bridgehead atoms. The molecule has 6 nitrogen and oxygen atoms in total. The summed E-state index contributed by atoms with van der Waals surface area (Å²) in [4.78, 5) is 24.7. The lowest BCUT2D eigenvalue weighted by Gasteiger charge is -2.25. The molecule has 138 valence electrons. The van der Waals surface area contributed by atoms with E-state index in [1.807, 2.05) is 37.3 Å². The number of amides is 1. The van der Waals surface area contributed by atoms with E-state index >= 15 is 0 Å². The van der Waals surface area contributed by atoms with Crippen molar-refractivity contribution in [2.75, 3.05) is 19.9 Å². The van der Waals surface area contributed by atoms with Crippen LogP contribution in [0.15, 0.2) is 48.5 Å². The predicted octanol–water partition coefficient (Wildman–Crippen LogP) is 4.06. The van der Waals surface area contributed by atoms with Gasteiger partial charge in [-0.3, -0.25) is 14.9 Å². The van der Waals surface area contributed by atoms with Gasteiger partial charge in [-0.25, -0.2) is 0 Å². The van der Waals surface area contributed by atoms with E-state index in [-0.39, 0.29) is 23.4 Å². The molecule has 0 saturated carbocycles. The van der Waals surface area contributed by atoms with Gasteiger partial charge in [0.2, 0.25) is 5.91 Å². The smallest absolute Gasteiger partial charge is 0.311 e. The van der Waals surface area contributed by atoms with Crippen LogP contribution < -0.4 is 4.74 Å². The summed E-state index contributed by atoms with van der Waals surface area (Å²) < 4.78 is 4.99. The summed E-state index contributed by atoms with van der Waals surface area (Å²) in [7, 11) is 3.19. The first-order valence-corrected chi connectivity index (χ1v) is 9.29. The topological polar surface area (TPSA) is 72.7 Å². The van der Waals surface area contributed by atoms with Gasteiger partial charge in [-0.2, -0.15) is 0 Å². The van der Waals surface area contributed by atoms with E-state index in [4.69, 9.17) is 4.74 Å². The zero-order valence-corrected chi connectivity index (χ0v) is 15.9. The zero-order chi connectivity index (χ0) is 19.1. The van der Waals surface area contributed by atoms with Crippen LogP contribution in [0, 0.1) is 10.1 Å². The van der Waals surface area contributed by atoms with Crippen molar-refractivity contribution in [3.63, 3.8) is 0 Å². The molecule has 2 aromatic carbocycles. The molecule has 2 aromatic rings. The van der Waals surface area contributed by atoms with Gasteiger partial charge in [0.1, 0.15) is 0 Å². The Hall–Kier alpha value is -2.54. The van der Waals surface area contributed by atoms with E-state index in [2.05, 4.69) is 0 Å². The maximum Gasteiger partial charge on any atom is 0.311 e. The van der Waals surface area contributed by atoms with E-state index in [9.17, 15) is 14.9 Å². The number of nitrogens with zero attached hydrogens (tertiary/aromatic N) is 2. The molecule has 0 spiro atoms. The Balaban J connectivity index is 1.92. The molecule has 7 heteroatoms.